The van der Waals surface area contributed by atoms with Gasteiger partial charge in [0.1, 0.15) is 0 Å². The van der Waals surface area contributed by atoms with Gasteiger partial charge in [-0.05, 0) is 49.8 Å². The van der Waals surface area contributed by atoms with E-state index in [1.54, 1.807) is 0 Å². The summed E-state index contributed by atoms with van der Waals surface area (Å²) in [6.07, 6.45) is 4.41. The molecule has 0 radical (unpaired) electrons. The maximum Gasteiger partial charge on any atom is 0.231 e. The van der Waals surface area contributed by atoms with Crippen LogP contribution in [-0.2, 0) is 14.9 Å². The summed E-state index contributed by atoms with van der Waals surface area (Å²) in [7, 11) is 0. The van der Waals surface area contributed by atoms with Gasteiger partial charge in [0.25, 0.3) is 0 Å². The van der Waals surface area contributed by atoms with Gasteiger partial charge in [-0.3, -0.25) is 4.79 Å². The van der Waals surface area contributed by atoms with Gasteiger partial charge in [0.2, 0.25) is 12.7 Å². The van der Waals surface area contributed by atoms with Crippen LogP contribution in [0, 0.1) is 5.92 Å². The van der Waals surface area contributed by atoms with Crippen LogP contribution in [0.5, 0.6) is 11.5 Å². The van der Waals surface area contributed by atoms with Crippen molar-refractivity contribution >= 4 is 18.3 Å². The molecular weight excluding hydrogens is 356 g/mol. The van der Waals surface area contributed by atoms with Gasteiger partial charge in [0.15, 0.2) is 11.5 Å². The van der Waals surface area contributed by atoms with Crippen LogP contribution < -0.4 is 20.5 Å². The van der Waals surface area contributed by atoms with Gasteiger partial charge in [0.05, 0.1) is 0 Å². The Morgan fingerprint density at radius 1 is 1.19 bits per heavy atom. The van der Waals surface area contributed by atoms with E-state index in [9.17, 15) is 4.79 Å². The zero-order valence-corrected chi connectivity index (χ0v) is 15.7. The van der Waals surface area contributed by atoms with Gasteiger partial charge in [-0.1, -0.05) is 6.07 Å². The Morgan fingerprint density at radius 3 is 2.69 bits per heavy atom. The molecule has 3 N–H and O–H groups in total. The van der Waals surface area contributed by atoms with Gasteiger partial charge >= 0.3 is 0 Å². The molecule has 144 valence electrons. The molecule has 0 bridgehead atoms. The average molecular weight is 383 g/mol. The third-order valence-electron chi connectivity index (χ3n) is 5.88. The Hall–Kier alpha value is -1.50. The number of amides is 1. The molecule has 2 aliphatic heterocycles. The van der Waals surface area contributed by atoms with Crippen LogP contribution in [0.1, 0.15) is 37.7 Å². The van der Waals surface area contributed by atoms with Crippen molar-refractivity contribution in [3.63, 3.8) is 0 Å². The standard InChI is InChI=1S/C19H26N2O4.ClH/c20-15-3-1-13(9-15)18(22)21-11-19(5-7-23-8-6-19)14-2-4-16-17(10-14)25-12-24-16;/h2,4,10,13,15H,1,3,5-9,11-12,20H2,(H,21,22);1H. The van der Waals surface area contributed by atoms with Crippen molar-refractivity contribution in [2.75, 3.05) is 26.6 Å². The van der Waals surface area contributed by atoms with Crippen LogP contribution in [-0.4, -0.2) is 38.5 Å². The van der Waals surface area contributed by atoms with Gasteiger partial charge in [-0.2, -0.15) is 0 Å². The molecule has 1 aromatic rings. The molecule has 2 fully saturated rings. The lowest BCUT2D eigenvalue weighted by atomic mass is 9.74. The molecule has 6 nitrogen and oxygen atoms in total. The van der Waals surface area contributed by atoms with Gasteiger partial charge < -0.3 is 25.3 Å². The Labute approximate surface area is 160 Å². The molecule has 1 saturated heterocycles. The van der Waals surface area contributed by atoms with Crippen molar-refractivity contribution < 1.29 is 19.0 Å². The number of carbonyl (C=O) groups is 1. The van der Waals surface area contributed by atoms with Crippen molar-refractivity contribution in [3.05, 3.63) is 23.8 Å². The fraction of sp³-hybridized carbons (Fsp3) is 0.632. The minimum absolute atomic E-state index is 0. The van der Waals surface area contributed by atoms with Gasteiger partial charge in [0, 0.05) is 37.1 Å². The molecule has 2 unspecified atom stereocenters. The molecule has 2 heterocycles. The van der Waals surface area contributed by atoms with E-state index in [-0.39, 0.29) is 42.5 Å². The van der Waals surface area contributed by atoms with Crippen LogP contribution in [0.4, 0.5) is 0 Å². The highest BCUT2D eigenvalue weighted by Crippen LogP contribution is 2.40. The Morgan fingerprint density at radius 2 is 1.96 bits per heavy atom. The van der Waals surface area contributed by atoms with Crippen LogP contribution in [0.15, 0.2) is 18.2 Å². The first-order valence-electron chi connectivity index (χ1n) is 9.17. The van der Waals surface area contributed by atoms with Crippen molar-refractivity contribution in [3.8, 4) is 11.5 Å². The van der Waals surface area contributed by atoms with E-state index in [0.717, 1.165) is 43.6 Å². The van der Waals surface area contributed by atoms with Crippen molar-refractivity contribution in [2.45, 2.75) is 43.6 Å². The number of benzene rings is 1. The third-order valence-corrected chi connectivity index (χ3v) is 5.88. The average Bonchev–Trinajstić information content (AvgIpc) is 3.28. The quantitative estimate of drug-likeness (QED) is 0.833. The molecule has 0 aromatic heterocycles. The Kier molecular flexibility index (Phi) is 5.95. The van der Waals surface area contributed by atoms with Gasteiger partial charge in [-0.15, -0.1) is 12.4 Å². The molecular formula is C19H27ClN2O4. The third kappa shape index (κ3) is 3.77. The summed E-state index contributed by atoms with van der Waals surface area (Å²) in [6.45, 7) is 2.31. The van der Waals surface area contributed by atoms with E-state index in [1.165, 1.54) is 5.56 Å². The summed E-state index contributed by atoms with van der Waals surface area (Å²) >= 11 is 0. The van der Waals surface area contributed by atoms with E-state index in [4.69, 9.17) is 19.9 Å². The van der Waals surface area contributed by atoms with Crippen LogP contribution in [0.3, 0.4) is 0 Å². The monoisotopic (exact) mass is 382 g/mol. The first-order chi connectivity index (χ1) is 12.2. The van der Waals surface area contributed by atoms with E-state index in [2.05, 4.69) is 17.4 Å². The van der Waals surface area contributed by atoms with Gasteiger partial charge in [-0.25, -0.2) is 0 Å². The minimum Gasteiger partial charge on any atom is -0.454 e. The predicted molar refractivity (Wildman–Crippen MR) is 99.9 cm³/mol. The molecule has 1 aliphatic carbocycles. The van der Waals surface area contributed by atoms with Crippen molar-refractivity contribution in [1.29, 1.82) is 0 Å². The fourth-order valence-electron chi connectivity index (χ4n) is 4.21. The van der Waals surface area contributed by atoms with E-state index in [1.807, 2.05) is 6.07 Å². The lowest BCUT2D eigenvalue weighted by molar-refractivity contribution is -0.125. The summed E-state index contributed by atoms with van der Waals surface area (Å²) < 4.78 is 16.5. The highest BCUT2D eigenvalue weighted by molar-refractivity contribution is 5.85. The first kappa shape index (κ1) is 19.3. The normalized spacial score (nSPS) is 26.2. The zero-order chi connectivity index (χ0) is 17.3. The number of fused-ring (bicyclic) bond motifs is 1. The van der Waals surface area contributed by atoms with Crippen LogP contribution in [0.2, 0.25) is 0 Å². The molecule has 3 aliphatic rings. The predicted octanol–water partition coefficient (Wildman–Crippen LogP) is 2.13. The summed E-state index contributed by atoms with van der Waals surface area (Å²) in [4.78, 5) is 12.6. The Bertz CT molecular complexity index is 648. The number of hydrogen-bond acceptors (Lipinski definition) is 5. The summed E-state index contributed by atoms with van der Waals surface area (Å²) in [5, 5.41) is 3.20. The number of carbonyl (C=O) groups excluding carboxylic acids is 1. The lowest BCUT2D eigenvalue weighted by Crippen LogP contribution is -2.45. The number of halogens is 1. The second-order valence-corrected chi connectivity index (χ2v) is 7.45. The van der Waals surface area contributed by atoms with E-state index < -0.39 is 0 Å². The second kappa shape index (κ2) is 8.03. The number of ether oxygens (including phenoxy) is 3. The maximum absolute atomic E-state index is 12.6. The largest absolute Gasteiger partial charge is 0.454 e. The number of nitrogens with two attached hydrogens (primary N) is 1. The zero-order valence-electron chi connectivity index (χ0n) is 14.9. The minimum atomic E-state index is -0.115. The number of rotatable bonds is 4. The summed E-state index contributed by atoms with van der Waals surface area (Å²) in [6, 6.07) is 6.29. The fourth-order valence-corrected chi connectivity index (χ4v) is 4.21. The van der Waals surface area contributed by atoms with E-state index in [0.29, 0.717) is 19.8 Å². The first-order valence-corrected chi connectivity index (χ1v) is 9.17. The second-order valence-electron chi connectivity index (χ2n) is 7.45. The SMILES string of the molecule is Cl.NC1CCC(C(=O)NCC2(c3ccc4c(c3)OCO4)CCOCC2)C1. The number of hydrogen-bond donors (Lipinski definition) is 2. The molecule has 1 saturated carbocycles. The summed E-state index contributed by atoms with van der Waals surface area (Å²) in [5.74, 6) is 1.77. The van der Waals surface area contributed by atoms with E-state index >= 15 is 0 Å². The van der Waals surface area contributed by atoms with Crippen molar-refractivity contribution in [2.24, 2.45) is 11.7 Å². The molecule has 2 atom stereocenters. The Balaban J connectivity index is 0.00000196. The molecule has 1 amide bonds. The molecule has 1 aromatic carbocycles. The van der Waals surface area contributed by atoms with Crippen molar-refractivity contribution in [1.82, 2.24) is 5.32 Å². The molecule has 7 heteroatoms. The highest BCUT2D eigenvalue weighted by atomic mass is 35.5. The maximum atomic E-state index is 12.6. The summed E-state index contributed by atoms with van der Waals surface area (Å²) in [5.41, 5.74) is 7.02. The molecule has 0 spiro atoms. The topological polar surface area (TPSA) is 82.8 Å². The van der Waals surface area contributed by atoms with Crippen LogP contribution in [0.25, 0.3) is 0 Å². The number of nitrogens with one attached hydrogen (secondary N) is 1. The molecule has 4 rings (SSSR count). The van der Waals surface area contributed by atoms with Crippen LogP contribution >= 0.6 is 12.4 Å². The lowest BCUT2D eigenvalue weighted by Gasteiger charge is -2.38. The highest BCUT2D eigenvalue weighted by Gasteiger charge is 2.37. The smallest absolute Gasteiger partial charge is 0.231 e. The molecule has 26 heavy (non-hydrogen) atoms.